The molecule has 1 N–H and O–H groups in total. The molecule has 2 fully saturated rings. The van der Waals surface area contributed by atoms with Gasteiger partial charge in [0, 0.05) is 51.9 Å². The Labute approximate surface area is 105 Å². The van der Waals surface area contributed by atoms with Crippen LogP contribution in [0.2, 0.25) is 0 Å². The SMILES string of the molecule is COCCNCC(C)N1CCN2CCCC2C1. The topological polar surface area (TPSA) is 27.7 Å². The first-order valence-electron chi connectivity index (χ1n) is 6.99. The van der Waals surface area contributed by atoms with E-state index in [0.717, 1.165) is 25.7 Å². The molecule has 2 heterocycles. The predicted octanol–water partition coefficient (Wildman–Crippen LogP) is 0.391. The zero-order chi connectivity index (χ0) is 12.1. The summed E-state index contributed by atoms with van der Waals surface area (Å²) in [6.07, 6.45) is 2.80. The predicted molar refractivity (Wildman–Crippen MR) is 70.4 cm³/mol. The van der Waals surface area contributed by atoms with Crippen LogP contribution in [0.15, 0.2) is 0 Å². The van der Waals surface area contributed by atoms with E-state index in [1.165, 1.54) is 39.0 Å². The van der Waals surface area contributed by atoms with Crippen LogP contribution in [0.5, 0.6) is 0 Å². The van der Waals surface area contributed by atoms with E-state index < -0.39 is 0 Å². The number of rotatable bonds is 6. The standard InChI is InChI=1S/C13H27N3O/c1-12(10-14-5-9-17-2)16-8-7-15-6-3-4-13(15)11-16/h12-14H,3-11H2,1-2H3. The Hall–Kier alpha value is -0.160. The third-order valence-electron chi connectivity index (χ3n) is 4.16. The molecule has 0 spiro atoms. The van der Waals surface area contributed by atoms with E-state index in [9.17, 15) is 0 Å². The fourth-order valence-corrected chi connectivity index (χ4v) is 3.03. The molecule has 0 radical (unpaired) electrons. The summed E-state index contributed by atoms with van der Waals surface area (Å²) < 4.78 is 5.04. The van der Waals surface area contributed by atoms with Crippen LogP contribution in [0.1, 0.15) is 19.8 Å². The highest BCUT2D eigenvalue weighted by Gasteiger charge is 2.31. The van der Waals surface area contributed by atoms with Crippen LogP contribution in [0.4, 0.5) is 0 Å². The van der Waals surface area contributed by atoms with Crippen molar-refractivity contribution in [3.63, 3.8) is 0 Å². The third kappa shape index (κ3) is 3.65. The van der Waals surface area contributed by atoms with Crippen LogP contribution >= 0.6 is 0 Å². The van der Waals surface area contributed by atoms with E-state index in [1.54, 1.807) is 7.11 Å². The van der Waals surface area contributed by atoms with Gasteiger partial charge in [0.1, 0.15) is 0 Å². The lowest BCUT2D eigenvalue weighted by Crippen LogP contribution is -2.54. The molecule has 0 bridgehead atoms. The van der Waals surface area contributed by atoms with Gasteiger partial charge in [-0.15, -0.1) is 0 Å². The third-order valence-corrected chi connectivity index (χ3v) is 4.16. The van der Waals surface area contributed by atoms with E-state index in [1.807, 2.05) is 0 Å². The summed E-state index contributed by atoms with van der Waals surface area (Å²) in [5, 5.41) is 3.46. The summed E-state index contributed by atoms with van der Waals surface area (Å²) in [7, 11) is 1.75. The van der Waals surface area contributed by atoms with E-state index in [-0.39, 0.29) is 0 Å². The number of nitrogens with one attached hydrogen (secondary N) is 1. The van der Waals surface area contributed by atoms with Crippen molar-refractivity contribution in [1.82, 2.24) is 15.1 Å². The molecular weight excluding hydrogens is 214 g/mol. The largest absolute Gasteiger partial charge is 0.383 e. The molecule has 2 aliphatic rings. The Morgan fingerprint density at radius 2 is 2.24 bits per heavy atom. The number of ether oxygens (including phenoxy) is 1. The lowest BCUT2D eigenvalue weighted by Gasteiger charge is -2.40. The maximum Gasteiger partial charge on any atom is 0.0587 e. The number of hydrogen-bond donors (Lipinski definition) is 1. The fourth-order valence-electron chi connectivity index (χ4n) is 3.03. The van der Waals surface area contributed by atoms with Crippen molar-refractivity contribution >= 4 is 0 Å². The molecule has 4 nitrogen and oxygen atoms in total. The second-order valence-electron chi connectivity index (χ2n) is 5.37. The average Bonchev–Trinajstić information content (AvgIpc) is 2.81. The summed E-state index contributed by atoms with van der Waals surface area (Å²) >= 11 is 0. The normalized spacial score (nSPS) is 28.2. The van der Waals surface area contributed by atoms with Crippen LogP contribution < -0.4 is 5.32 Å². The molecule has 2 saturated heterocycles. The van der Waals surface area contributed by atoms with Gasteiger partial charge in [-0.1, -0.05) is 0 Å². The van der Waals surface area contributed by atoms with Crippen molar-refractivity contribution in [3.8, 4) is 0 Å². The zero-order valence-corrected chi connectivity index (χ0v) is 11.3. The highest BCUT2D eigenvalue weighted by molar-refractivity contribution is 4.88. The van der Waals surface area contributed by atoms with Crippen molar-refractivity contribution in [3.05, 3.63) is 0 Å². The second-order valence-corrected chi connectivity index (χ2v) is 5.37. The number of nitrogens with zero attached hydrogens (tertiary/aromatic N) is 2. The minimum Gasteiger partial charge on any atom is -0.383 e. The lowest BCUT2D eigenvalue weighted by molar-refractivity contribution is 0.0761. The van der Waals surface area contributed by atoms with Gasteiger partial charge in [0.15, 0.2) is 0 Å². The molecule has 2 unspecified atom stereocenters. The summed E-state index contributed by atoms with van der Waals surface area (Å²) in [5.41, 5.74) is 0. The smallest absolute Gasteiger partial charge is 0.0587 e. The van der Waals surface area contributed by atoms with E-state index >= 15 is 0 Å². The number of methoxy groups -OCH3 is 1. The molecule has 2 aliphatic heterocycles. The summed E-state index contributed by atoms with van der Waals surface area (Å²) in [4.78, 5) is 5.31. The van der Waals surface area contributed by atoms with Gasteiger partial charge in [-0.05, 0) is 26.3 Å². The van der Waals surface area contributed by atoms with Gasteiger partial charge >= 0.3 is 0 Å². The monoisotopic (exact) mass is 241 g/mol. The Morgan fingerprint density at radius 3 is 3.06 bits per heavy atom. The van der Waals surface area contributed by atoms with Gasteiger partial charge in [0.25, 0.3) is 0 Å². The molecule has 100 valence electrons. The van der Waals surface area contributed by atoms with E-state index in [0.29, 0.717) is 6.04 Å². The highest BCUT2D eigenvalue weighted by Crippen LogP contribution is 2.22. The van der Waals surface area contributed by atoms with Crippen LogP contribution in [0.3, 0.4) is 0 Å². The first-order chi connectivity index (χ1) is 8.31. The average molecular weight is 241 g/mol. The van der Waals surface area contributed by atoms with Crippen LogP contribution in [0.25, 0.3) is 0 Å². The molecule has 4 heteroatoms. The first kappa shape index (κ1) is 13.3. The second kappa shape index (κ2) is 6.69. The minimum atomic E-state index is 0.648. The number of hydrogen-bond acceptors (Lipinski definition) is 4. The van der Waals surface area contributed by atoms with Crippen molar-refractivity contribution in [2.45, 2.75) is 31.8 Å². The molecular formula is C13H27N3O. The lowest BCUT2D eigenvalue weighted by atomic mass is 10.1. The first-order valence-corrected chi connectivity index (χ1v) is 6.99. The molecule has 2 rings (SSSR count). The highest BCUT2D eigenvalue weighted by atomic mass is 16.5. The van der Waals surface area contributed by atoms with Crippen molar-refractivity contribution < 1.29 is 4.74 Å². The molecule has 17 heavy (non-hydrogen) atoms. The quantitative estimate of drug-likeness (QED) is 0.681. The Kier molecular flexibility index (Phi) is 5.22. The maximum atomic E-state index is 5.04. The molecule has 0 saturated carbocycles. The van der Waals surface area contributed by atoms with Crippen LogP contribution in [-0.4, -0.2) is 74.9 Å². The molecule has 0 aromatic rings. The summed E-state index contributed by atoms with van der Waals surface area (Å²) in [5.74, 6) is 0. The molecule has 0 aliphatic carbocycles. The van der Waals surface area contributed by atoms with Gasteiger partial charge < -0.3 is 10.1 Å². The molecule has 0 aromatic heterocycles. The van der Waals surface area contributed by atoms with Crippen molar-refractivity contribution in [2.24, 2.45) is 0 Å². The zero-order valence-electron chi connectivity index (χ0n) is 11.3. The van der Waals surface area contributed by atoms with Crippen molar-refractivity contribution in [2.75, 3.05) is 53.0 Å². The van der Waals surface area contributed by atoms with Gasteiger partial charge in [0.05, 0.1) is 6.61 Å². The number of piperazine rings is 1. The summed E-state index contributed by atoms with van der Waals surface area (Å²) in [6, 6.07) is 1.49. The number of fused-ring (bicyclic) bond motifs is 1. The molecule has 0 aromatic carbocycles. The van der Waals surface area contributed by atoms with Gasteiger partial charge in [0.2, 0.25) is 0 Å². The summed E-state index contributed by atoms with van der Waals surface area (Å²) in [6.45, 7) is 10.3. The van der Waals surface area contributed by atoms with Crippen molar-refractivity contribution in [1.29, 1.82) is 0 Å². The van der Waals surface area contributed by atoms with E-state index in [4.69, 9.17) is 4.74 Å². The van der Waals surface area contributed by atoms with Gasteiger partial charge in [-0.2, -0.15) is 0 Å². The van der Waals surface area contributed by atoms with Gasteiger partial charge in [-0.3, -0.25) is 9.80 Å². The molecule has 2 atom stereocenters. The fraction of sp³-hybridized carbons (Fsp3) is 1.00. The van der Waals surface area contributed by atoms with Crippen LogP contribution in [-0.2, 0) is 4.74 Å². The maximum absolute atomic E-state index is 5.04. The Bertz CT molecular complexity index is 225. The Balaban J connectivity index is 1.67. The molecule has 0 amide bonds. The van der Waals surface area contributed by atoms with Crippen LogP contribution in [0, 0.1) is 0 Å². The van der Waals surface area contributed by atoms with Gasteiger partial charge in [-0.25, -0.2) is 0 Å². The van der Waals surface area contributed by atoms with E-state index in [2.05, 4.69) is 22.0 Å². The Morgan fingerprint density at radius 1 is 1.35 bits per heavy atom. The minimum absolute atomic E-state index is 0.648.